The van der Waals surface area contributed by atoms with Gasteiger partial charge in [0.15, 0.2) is 5.06 Å². The molecule has 0 aliphatic rings. The Hall–Kier alpha value is -1.26. The molecular weight excluding hydrogens is 186 g/mol. The number of benzene rings is 1. The van der Waals surface area contributed by atoms with Crippen LogP contribution in [-0.4, -0.2) is 10.2 Å². The molecular formula is C9H9NO2S. The fourth-order valence-electron chi connectivity index (χ4n) is 1.31. The van der Waals surface area contributed by atoms with Crippen LogP contribution in [-0.2, 0) is 6.61 Å². The summed E-state index contributed by atoms with van der Waals surface area (Å²) in [6.07, 6.45) is 0. The average Bonchev–Trinajstić information content (AvgIpc) is 2.48. The van der Waals surface area contributed by atoms with E-state index in [1.54, 1.807) is 18.2 Å². The standard InChI is InChI=1S/C9H9NO2S/c10-7-2-1-5(4-11)9-6(7)3-8(12)13-9/h1-3,11-12H,4,10H2. The lowest BCUT2D eigenvalue weighted by molar-refractivity contribution is 0.283. The zero-order valence-corrected chi connectivity index (χ0v) is 7.64. The zero-order valence-electron chi connectivity index (χ0n) is 6.82. The zero-order chi connectivity index (χ0) is 9.42. The molecule has 0 atom stereocenters. The van der Waals surface area contributed by atoms with Gasteiger partial charge in [-0.25, -0.2) is 0 Å². The molecule has 0 saturated heterocycles. The summed E-state index contributed by atoms with van der Waals surface area (Å²) in [4.78, 5) is 0. The third-order valence-electron chi connectivity index (χ3n) is 1.96. The molecule has 4 N–H and O–H groups in total. The van der Waals surface area contributed by atoms with Crippen molar-refractivity contribution < 1.29 is 10.2 Å². The van der Waals surface area contributed by atoms with Crippen molar-refractivity contribution in [1.29, 1.82) is 0 Å². The highest BCUT2D eigenvalue weighted by atomic mass is 32.1. The summed E-state index contributed by atoms with van der Waals surface area (Å²) in [6.45, 7) is -0.0310. The van der Waals surface area contributed by atoms with Gasteiger partial charge in [0.05, 0.1) is 6.61 Å². The van der Waals surface area contributed by atoms with Gasteiger partial charge in [-0.15, -0.1) is 0 Å². The predicted octanol–water partition coefficient (Wildman–Crippen LogP) is 1.68. The minimum absolute atomic E-state index is 0.0310. The number of anilines is 1. The van der Waals surface area contributed by atoms with Gasteiger partial charge >= 0.3 is 0 Å². The molecule has 2 rings (SSSR count). The van der Waals surface area contributed by atoms with Crippen LogP contribution in [0.25, 0.3) is 10.1 Å². The number of nitrogens with two attached hydrogens (primary N) is 1. The molecule has 0 radical (unpaired) electrons. The van der Waals surface area contributed by atoms with Crippen molar-refractivity contribution in [1.82, 2.24) is 0 Å². The highest BCUT2D eigenvalue weighted by molar-refractivity contribution is 7.21. The van der Waals surface area contributed by atoms with Crippen molar-refractivity contribution in [2.75, 3.05) is 5.73 Å². The molecule has 4 heteroatoms. The van der Waals surface area contributed by atoms with E-state index in [2.05, 4.69) is 0 Å². The normalized spacial score (nSPS) is 10.8. The quantitative estimate of drug-likeness (QED) is 0.606. The Labute approximate surface area is 79.0 Å². The molecule has 3 nitrogen and oxygen atoms in total. The second-order valence-electron chi connectivity index (χ2n) is 2.80. The maximum Gasteiger partial charge on any atom is 0.172 e. The average molecular weight is 195 g/mol. The monoisotopic (exact) mass is 195 g/mol. The predicted molar refractivity (Wildman–Crippen MR) is 53.8 cm³/mol. The molecule has 0 saturated carbocycles. The van der Waals surface area contributed by atoms with E-state index in [1.165, 1.54) is 11.3 Å². The number of hydrogen-bond donors (Lipinski definition) is 3. The summed E-state index contributed by atoms with van der Waals surface area (Å²) < 4.78 is 0.861. The first-order valence-electron chi connectivity index (χ1n) is 3.83. The number of aromatic hydroxyl groups is 1. The Morgan fingerprint density at radius 1 is 1.38 bits per heavy atom. The molecule has 0 fully saturated rings. The van der Waals surface area contributed by atoms with Crippen LogP contribution in [0.15, 0.2) is 18.2 Å². The van der Waals surface area contributed by atoms with E-state index < -0.39 is 0 Å². The van der Waals surface area contributed by atoms with E-state index in [-0.39, 0.29) is 11.7 Å². The van der Waals surface area contributed by atoms with E-state index >= 15 is 0 Å². The van der Waals surface area contributed by atoms with Crippen LogP contribution in [0.5, 0.6) is 5.06 Å². The molecule has 1 aromatic carbocycles. The van der Waals surface area contributed by atoms with E-state index in [0.29, 0.717) is 5.69 Å². The molecule has 0 bridgehead atoms. The van der Waals surface area contributed by atoms with Gasteiger partial charge in [0.1, 0.15) is 0 Å². The Balaban J connectivity index is 2.83. The van der Waals surface area contributed by atoms with E-state index in [1.807, 2.05) is 0 Å². The van der Waals surface area contributed by atoms with Gasteiger partial charge in [-0.1, -0.05) is 17.4 Å². The van der Waals surface area contributed by atoms with Crippen LogP contribution in [0.3, 0.4) is 0 Å². The van der Waals surface area contributed by atoms with Crippen LogP contribution in [0, 0.1) is 0 Å². The van der Waals surface area contributed by atoms with Crippen molar-refractivity contribution in [2.45, 2.75) is 6.61 Å². The molecule has 2 aromatic rings. The first-order chi connectivity index (χ1) is 6.22. The van der Waals surface area contributed by atoms with E-state index in [0.717, 1.165) is 15.6 Å². The summed E-state index contributed by atoms with van der Waals surface area (Å²) in [5.41, 5.74) is 7.14. The van der Waals surface area contributed by atoms with Gasteiger partial charge in [0.25, 0.3) is 0 Å². The first kappa shape index (κ1) is 8.34. The minimum atomic E-state index is -0.0310. The lowest BCUT2D eigenvalue weighted by atomic mass is 10.1. The highest BCUT2D eigenvalue weighted by Crippen LogP contribution is 2.36. The number of hydrogen-bond acceptors (Lipinski definition) is 4. The summed E-state index contributed by atoms with van der Waals surface area (Å²) in [5.74, 6) is 0. The van der Waals surface area contributed by atoms with Gasteiger partial charge in [-0.2, -0.15) is 0 Å². The smallest absolute Gasteiger partial charge is 0.172 e. The molecule has 0 amide bonds. The third kappa shape index (κ3) is 1.24. The number of aliphatic hydroxyl groups is 1. The second-order valence-corrected chi connectivity index (χ2v) is 3.83. The molecule has 1 aromatic heterocycles. The van der Waals surface area contributed by atoms with Crippen molar-refractivity contribution in [2.24, 2.45) is 0 Å². The molecule has 0 spiro atoms. The van der Waals surface area contributed by atoms with Gasteiger partial charge < -0.3 is 15.9 Å². The lowest BCUT2D eigenvalue weighted by Gasteiger charge is -2.00. The van der Waals surface area contributed by atoms with Crippen LogP contribution in [0.2, 0.25) is 0 Å². The Morgan fingerprint density at radius 2 is 2.15 bits per heavy atom. The van der Waals surface area contributed by atoms with Crippen molar-refractivity contribution in [3.63, 3.8) is 0 Å². The number of fused-ring (bicyclic) bond motifs is 1. The maximum atomic E-state index is 9.28. The van der Waals surface area contributed by atoms with Gasteiger partial charge in [0.2, 0.25) is 0 Å². The molecule has 13 heavy (non-hydrogen) atoms. The first-order valence-corrected chi connectivity index (χ1v) is 4.64. The summed E-state index contributed by atoms with van der Waals surface area (Å²) in [7, 11) is 0. The largest absolute Gasteiger partial charge is 0.499 e. The fourth-order valence-corrected chi connectivity index (χ4v) is 2.25. The Bertz CT molecular complexity index is 450. The van der Waals surface area contributed by atoms with Crippen molar-refractivity contribution in [3.05, 3.63) is 23.8 Å². The molecule has 0 aliphatic carbocycles. The van der Waals surface area contributed by atoms with Gasteiger partial charge in [-0.3, -0.25) is 0 Å². The van der Waals surface area contributed by atoms with Crippen molar-refractivity contribution in [3.8, 4) is 5.06 Å². The number of rotatable bonds is 1. The van der Waals surface area contributed by atoms with Crippen LogP contribution >= 0.6 is 11.3 Å². The Kier molecular flexibility index (Phi) is 1.86. The van der Waals surface area contributed by atoms with Gasteiger partial charge in [-0.05, 0) is 11.6 Å². The van der Waals surface area contributed by atoms with Gasteiger partial charge in [0, 0.05) is 21.8 Å². The van der Waals surface area contributed by atoms with Crippen molar-refractivity contribution >= 4 is 27.1 Å². The van der Waals surface area contributed by atoms with Crippen LogP contribution < -0.4 is 5.73 Å². The number of thiophene rings is 1. The molecule has 0 unspecified atom stereocenters. The Morgan fingerprint density at radius 3 is 2.85 bits per heavy atom. The van der Waals surface area contributed by atoms with Crippen LogP contribution in [0.1, 0.15) is 5.56 Å². The topological polar surface area (TPSA) is 66.5 Å². The van der Waals surface area contributed by atoms with E-state index in [4.69, 9.17) is 10.8 Å². The number of nitrogen functional groups attached to an aromatic ring is 1. The summed E-state index contributed by atoms with van der Waals surface area (Å²) in [5, 5.41) is 19.3. The third-order valence-corrected chi connectivity index (χ3v) is 2.97. The number of aliphatic hydroxyl groups excluding tert-OH is 1. The molecule has 0 aliphatic heterocycles. The highest BCUT2D eigenvalue weighted by Gasteiger charge is 2.07. The summed E-state index contributed by atoms with van der Waals surface area (Å²) >= 11 is 1.23. The van der Waals surface area contributed by atoms with Crippen LogP contribution in [0.4, 0.5) is 5.69 Å². The molecule has 1 heterocycles. The fraction of sp³-hybridized carbons (Fsp3) is 0.111. The minimum Gasteiger partial charge on any atom is -0.499 e. The molecule has 68 valence electrons. The summed E-state index contributed by atoms with van der Waals surface area (Å²) in [6, 6.07) is 5.13. The maximum absolute atomic E-state index is 9.28. The SMILES string of the molecule is Nc1ccc(CO)c2sc(O)cc12. The second kappa shape index (κ2) is 2.90. The lowest BCUT2D eigenvalue weighted by Crippen LogP contribution is -1.88. The van der Waals surface area contributed by atoms with E-state index in [9.17, 15) is 5.11 Å².